The number of anilines is 1. The minimum Gasteiger partial charge on any atom is -0.369 e. The van der Waals surface area contributed by atoms with E-state index in [-0.39, 0.29) is 29.5 Å². The molecule has 3 amide bonds. The molecule has 2 fully saturated rings. The molecule has 0 radical (unpaired) electrons. The van der Waals surface area contributed by atoms with E-state index < -0.39 is 60.4 Å². The fourth-order valence-corrected chi connectivity index (χ4v) is 4.25. The Bertz CT molecular complexity index is 1110. The van der Waals surface area contributed by atoms with Crippen molar-refractivity contribution < 1.29 is 32.3 Å². The van der Waals surface area contributed by atoms with Crippen LogP contribution in [0.5, 0.6) is 0 Å². The lowest BCUT2D eigenvalue weighted by Gasteiger charge is -2.39. The topological polar surface area (TPSA) is 87.7 Å². The van der Waals surface area contributed by atoms with Gasteiger partial charge in [0.25, 0.3) is 11.8 Å². The fraction of sp³-hybridized carbons (Fsp3) is 0.348. The molecular weight excluding hydrogens is 475 g/mol. The molecule has 4 rings (SSSR count). The van der Waals surface area contributed by atoms with Crippen LogP contribution in [-0.4, -0.2) is 48.9 Å². The molecule has 0 spiro atoms. The van der Waals surface area contributed by atoms with E-state index in [0.29, 0.717) is 0 Å². The van der Waals surface area contributed by atoms with E-state index >= 15 is 0 Å². The van der Waals surface area contributed by atoms with E-state index in [0.717, 1.165) is 11.0 Å². The second-order valence-electron chi connectivity index (χ2n) is 8.22. The van der Waals surface area contributed by atoms with Crippen LogP contribution in [0.4, 0.5) is 18.9 Å². The van der Waals surface area contributed by atoms with Gasteiger partial charge in [-0.05, 0) is 24.3 Å². The first-order valence-corrected chi connectivity index (χ1v) is 10.9. The standard InChI is InChI=1S/C23H21ClF3N3O4/c24-17-7-2-1-6-16(17)20(21(32)28-14-9-23(26,27)10-14)30(15-5-3-4-13(25)8-15)22(33)18-11-34-12-19(31)29-18/h1-8,14,18,20H,9-12H2,(H,28,32)(H,29,31)/t18?,20-/m0/s1. The first kappa shape index (κ1) is 24.0. The molecule has 2 N–H and O–H groups in total. The van der Waals surface area contributed by atoms with Gasteiger partial charge in [0.15, 0.2) is 0 Å². The number of rotatable bonds is 6. The quantitative estimate of drug-likeness (QED) is 0.645. The molecule has 1 aliphatic carbocycles. The lowest BCUT2D eigenvalue weighted by atomic mass is 9.87. The SMILES string of the molecule is O=C1COCC(C(=O)N(c2cccc(F)c2)[C@H](C(=O)NC2CC(F)(F)C2)c2ccccc2Cl)N1. The Morgan fingerprint density at radius 3 is 2.56 bits per heavy atom. The summed E-state index contributed by atoms with van der Waals surface area (Å²) in [6.45, 7) is -0.393. The highest BCUT2D eigenvalue weighted by molar-refractivity contribution is 6.31. The molecule has 1 saturated heterocycles. The predicted molar refractivity (Wildman–Crippen MR) is 117 cm³/mol. The number of nitrogens with one attached hydrogen (secondary N) is 2. The van der Waals surface area contributed by atoms with Gasteiger partial charge in [0.2, 0.25) is 11.8 Å². The second-order valence-corrected chi connectivity index (χ2v) is 8.62. The lowest BCUT2D eigenvalue weighted by molar-refractivity contribution is -0.138. The number of hydrogen-bond donors (Lipinski definition) is 2. The molecule has 34 heavy (non-hydrogen) atoms. The van der Waals surface area contributed by atoms with E-state index in [1.54, 1.807) is 12.1 Å². The Labute approximate surface area is 198 Å². The Balaban J connectivity index is 1.77. The summed E-state index contributed by atoms with van der Waals surface area (Å²) in [7, 11) is 0. The zero-order valence-corrected chi connectivity index (χ0v) is 18.5. The molecule has 1 saturated carbocycles. The number of amides is 3. The smallest absolute Gasteiger partial charge is 0.252 e. The lowest BCUT2D eigenvalue weighted by Crippen LogP contribution is -2.58. The molecule has 1 aliphatic heterocycles. The molecule has 0 bridgehead atoms. The molecule has 180 valence electrons. The van der Waals surface area contributed by atoms with Crippen molar-refractivity contribution in [3.8, 4) is 0 Å². The summed E-state index contributed by atoms with van der Waals surface area (Å²) in [5.74, 6) is -5.60. The highest BCUT2D eigenvalue weighted by atomic mass is 35.5. The summed E-state index contributed by atoms with van der Waals surface area (Å²) in [5, 5.41) is 5.19. The number of benzene rings is 2. The molecule has 2 aliphatic rings. The third-order valence-electron chi connectivity index (χ3n) is 5.62. The van der Waals surface area contributed by atoms with Crippen LogP contribution >= 0.6 is 11.6 Å². The van der Waals surface area contributed by atoms with E-state index in [4.69, 9.17) is 16.3 Å². The first-order chi connectivity index (χ1) is 16.1. The number of ether oxygens (including phenoxy) is 1. The number of carbonyl (C=O) groups excluding carboxylic acids is 3. The van der Waals surface area contributed by atoms with E-state index in [9.17, 15) is 27.6 Å². The normalized spacial score (nSPS) is 20.6. The average Bonchev–Trinajstić information content (AvgIpc) is 2.76. The number of halogens is 4. The van der Waals surface area contributed by atoms with Gasteiger partial charge in [-0.25, -0.2) is 13.2 Å². The van der Waals surface area contributed by atoms with Crippen molar-refractivity contribution in [3.05, 3.63) is 64.9 Å². The monoisotopic (exact) mass is 495 g/mol. The van der Waals surface area contributed by atoms with Gasteiger partial charge in [-0.2, -0.15) is 0 Å². The van der Waals surface area contributed by atoms with Crippen LogP contribution in [0.15, 0.2) is 48.5 Å². The van der Waals surface area contributed by atoms with Gasteiger partial charge in [0.05, 0.1) is 6.61 Å². The Kier molecular flexibility index (Phi) is 6.81. The highest BCUT2D eigenvalue weighted by Gasteiger charge is 2.47. The zero-order valence-electron chi connectivity index (χ0n) is 17.8. The van der Waals surface area contributed by atoms with Crippen LogP contribution in [-0.2, 0) is 19.1 Å². The van der Waals surface area contributed by atoms with Crippen molar-refractivity contribution in [2.45, 2.75) is 36.9 Å². The maximum absolute atomic E-state index is 14.2. The molecule has 2 aromatic carbocycles. The maximum Gasteiger partial charge on any atom is 0.252 e. The zero-order chi connectivity index (χ0) is 24.5. The molecular formula is C23H21ClF3N3O4. The summed E-state index contributed by atoms with van der Waals surface area (Å²) < 4.78 is 46.1. The average molecular weight is 496 g/mol. The highest BCUT2D eigenvalue weighted by Crippen LogP contribution is 2.39. The van der Waals surface area contributed by atoms with Gasteiger partial charge in [-0.15, -0.1) is 0 Å². The van der Waals surface area contributed by atoms with Crippen molar-refractivity contribution in [2.24, 2.45) is 0 Å². The molecule has 2 atom stereocenters. The van der Waals surface area contributed by atoms with E-state index in [1.165, 1.54) is 30.3 Å². The molecule has 0 aromatic heterocycles. The number of carbonyl (C=O) groups is 3. The number of nitrogens with zero attached hydrogens (tertiary/aromatic N) is 1. The van der Waals surface area contributed by atoms with Gasteiger partial charge in [0, 0.05) is 35.2 Å². The summed E-state index contributed by atoms with van der Waals surface area (Å²) in [5.41, 5.74) is 0.220. The second kappa shape index (κ2) is 9.63. The van der Waals surface area contributed by atoms with Crippen LogP contribution in [0.1, 0.15) is 24.4 Å². The van der Waals surface area contributed by atoms with Crippen LogP contribution in [0.3, 0.4) is 0 Å². The number of hydrogen-bond acceptors (Lipinski definition) is 4. The van der Waals surface area contributed by atoms with Crippen molar-refractivity contribution in [3.63, 3.8) is 0 Å². The molecule has 2 aromatic rings. The van der Waals surface area contributed by atoms with Crippen LogP contribution in [0.2, 0.25) is 5.02 Å². The molecule has 1 unspecified atom stereocenters. The number of morpholine rings is 1. The summed E-state index contributed by atoms with van der Waals surface area (Å²) in [6.07, 6.45) is -1.07. The van der Waals surface area contributed by atoms with Crippen molar-refractivity contribution in [1.82, 2.24) is 10.6 Å². The fourth-order valence-electron chi connectivity index (χ4n) is 4.02. The summed E-state index contributed by atoms with van der Waals surface area (Å²) >= 11 is 6.36. The van der Waals surface area contributed by atoms with Gasteiger partial charge in [-0.1, -0.05) is 35.9 Å². The van der Waals surface area contributed by atoms with Crippen molar-refractivity contribution >= 4 is 35.0 Å². The van der Waals surface area contributed by atoms with Crippen molar-refractivity contribution in [2.75, 3.05) is 18.1 Å². The summed E-state index contributed by atoms with van der Waals surface area (Å²) in [6, 6.07) is 7.84. The molecule has 11 heteroatoms. The Morgan fingerprint density at radius 1 is 1.18 bits per heavy atom. The Hall–Kier alpha value is -3.11. The minimum absolute atomic E-state index is 0.0174. The third-order valence-corrected chi connectivity index (χ3v) is 5.96. The van der Waals surface area contributed by atoms with Crippen LogP contribution < -0.4 is 15.5 Å². The third kappa shape index (κ3) is 5.18. The first-order valence-electron chi connectivity index (χ1n) is 10.5. The summed E-state index contributed by atoms with van der Waals surface area (Å²) in [4.78, 5) is 39.9. The van der Waals surface area contributed by atoms with Crippen LogP contribution in [0, 0.1) is 5.82 Å². The van der Waals surface area contributed by atoms with Gasteiger partial charge < -0.3 is 15.4 Å². The molecule has 7 nitrogen and oxygen atoms in total. The minimum atomic E-state index is -2.88. The van der Waals surface area contributed by atoms with Crippen molar-refractivity contribution in [1.29, 1.82) is 0 Å². The van der Waals surface area contributed by atoms with E-state index in [1.807, 2.05) is 0 Å². The van der Waals surface area contributed by atoms with E-state index in [2.05, 4.69) is 10.6 Å². The Morgan fingerprint density at radius 2 is 1.91 bits per heavy atom. The maximum atomic E-state index is 14.2. The largest absolute Gasteiger partial charge is 0.369 e. The van der Waals surface area contributed by atoms with Gasteiger partial charge in [-0.3, -0.25) is 19.3 Å². The van der Waals surface area contributed by atoms with Crippen LogP contribution in [0.25, 0.3) is 0 Å². The predicted octanol–water partition coefficient (Wildman–Crippen LogP) is 2.98. The van der Waals surface area contributed by atoms with Gasteiger partial charge in [0.1, 0.15) is 24.5 Å². The molecule has 1 heterocycles. The number of alkyl halides is 2. The van der Waals surface area contributed by atoms with Gasteiger partial charge >= 0.3 is 0 Å².